The first-order valence-corrected chi connectivity index (χ1v) is 10.5. The number of nitrogens with two attached hydrogens (primary N) is 1. The van der Waals surface area contributed by atoms with Crippen molar-refractivity contribution < 1.29 is 13.9 Å². The summed E-state index contributed by atoms with van der Waals surface area (Å²) in [5.41, 5.74) is 8.09. The molecule has 3 N–H and O–H groups in total. The molecule has 1 aromatic carbocycles. The smallest absolute Gasteiger partial charge is 0.170 e. The van der Waals surface area contributed by atoms with E-state index in [0.717, 1.165) is 18.7 Å². The molecule has 6 nitrogen and oxygen atoms in total. The van der Waals surface area contributed by atoms with Gasteiger partial charge in [0.15, 0.2) is 11.6 Å². The van der Waals surface area contributed by atoms with Crippen LogP contribution >= 0.6 is 11.6 Å². The summed E-state index contributed by atoms with van der Waals surface area (Å²) in [5.74, 6) is 1.43. The van der Waals surface area contributed by atoms with Crippen LogP contribution in [0.1, 0.15) is 18.9 Å². The number of aromatic nitrogens is 1. The van der Waals surface area contributed by atoms with Gasteiger partial charge in [-0.05, 0) is 57.8 Å². The van der Waals surface area contributed by atoms with Crippen molar-refractivity contribution in [1.29, 1.82) is 0 Å². The molecule has 31 heavy (non-hydrogen) atoms. The van der Waals surface area contributed by atoms with E-state index in [9.17, 15) is 4.39 Å². The quantitative estimate of drug-likeness (QED) is 0.353. The lowest BCUT2D eigenvalue weighted by molar-refractivity contribution is 0.198. The SMILES string of the molecule is C/C(=C\C(=C/N)c1cc(-c2cc(Cl)ccc2F)nc2c1OCCN2)OCCCN(C)C. The minimum atomic E-state index is -0.409. The van der Waals surface area contributed by atoms with Crippen molar-refractivity contribution in [2.75, 3.05) is 45.7 Å². The van der Waals surface area contributed by atoms with Crippen LogP contribution < -0.4 is 15.8 Å². The van der Waals surface area contributed by atoms with Crippen molar-refractivity contribution >= 4 is 23.0 Å². The van der Waals surface area contributed by atoms with Crippen LogP contribution in [0.5, 0.6) is 5.75 Å². The van der Waals surface area contributed by atoms with Gasteiger partial charge in [0.2, 0.25) is 0 Å². The lowest BCUT2D eigenvalue weighted by Crippen LogP contribution is -2.20. The second-order valence-electron chi connectivity index (χ2n) is 7.51. The number of pyridine rings is 1. The molecule has 0 saturated carbocycles. The summed E-state index contributed by atoms with van der Waals surface area (Å²) in [7, 11) is 4.05. The summed E-state index contributed by atoms with van der Waals surface area (Å²) in [6.45, 7) is 4.52. The molecule has 166 valence electrons. The van der Waals surface area contributed by atoms with Gasteiger partial charge in [-0.25, -0.2) is 9.37 Å². The Bertz CT molecular complexity index is 992. The van der Waals surface area contributed by atoms with Crippen LogP contribution in [-0.2, 0) is 4.74 Å². The van der Waals surface area contributed by atoms with Gasteiger partial charge < -0.3 is 25.4 Å². The zero-order valence-corrected chi connectivity index (χ0v) is 18.8. The van der Waals surface area contributed by atoms with E-state index in [4.69, 9.17) is 26.8 Å². The van der Waals surface area contributed by atoms with E-state index in [2.05, 4.69) is 15.2 Å². The lowest BCUT2D eigenvalue weighted by atomic mass is 10.0. The fourth-order valence-electron chi connectivity index (χ4n) is 3.26. The minimum absolute atomic E-state index is 0.306. The van der Waals surface area contributed by atoms with Crippen molar-refractivity contribution in [3.63, 3.8) is 0 Å². The highest BCUT2D eigenvalue weighted by molar-refractivity contribution is 6.30. The standard InChI is InChI=1S/C23H28ClFN4O2/c1-15(30-9-4-8-29(2)3)11-16(14-26)18-13-21(19-12-17(24)5-6-20(19)25)28-23-22(18)31-10-7-27-23/h5-6,11-14H,4,7-10,26H2,1-3H3,(H,27,28)/b15-11+,16-14+. The fourth-order valence-corrected chi connectivity index (χ4v) is 3.43. The Kier molecular flexibility index (Phi) is 7.76. The second-order valence-corrected chi connectivity index (χ2v) is 7.95. The van der Waals surface area contributed by atoms with Gasteiger partial charge in [0.05, 0.1) is 24.6 Å². The van der Waals surface area contributed by atoms with Crippen molar-refractivity contribution in [3.05, 3.63) is 58.7 Å². The van der Waals surface area contributed by atoms with Crippen LogP contribution in [0.25, 0.3) is 16.8 Å². The van der Waals surface area contributed by atoms with E-state index in [-0.39, 0.29) is 0 Å². The molecule has 1 aromatic heterocycles. The van der Waals surface area contributed by atoms with Crippen LogP contribution in [0.4, 0.5) is 10.2 Å². The number of fused-ring (bicyclic) bond motifs is 1. The molecule has 3 rings (SSSR count). The monoisotopic (exact) mass is 446 g/mol. The number of hydrogen-bond donors (Lipinski definition) is 2. The maximum absolute atomic E-state index is 14.5. The van der Waals surface area contributed by atoms with Gasteiger partial charge in [-0.2, -0.15) is 0 Å². The molecule has 0 amide bonds. The molecular weight excluding hydrogens is 419 g/mol. The summed E-state index contributed by atoms with van der Waals surface area (Å²) in [5, 5.41) is 3.64. The number of anilines is 1. The van der Waals surface area contributed by atoms with Crippen LogP contribution in [0.15, 0.2) is 42.3 Å². The molecular formula is C23H28ClFN4O2. The number of ether oxygens (including phenoxy) is 2. The van der Waals surface area contributed by atoms with Gasteiger partial charge >= 0.3 is 0 Å². The Morgan fingerprint density at radius 1 is 1.39 bits per heavy atom. The second kappa shape index (κ2) is 10.5. The number of nitrogens with zero attached hydrogens (tertiary/aromatic N) is 2. The highest BCUT2D eigenvalue weighted by Gasteiger charge is 2.21. The zero-order valence-electron chi connectivity index (χ0n) is 18.0. The number of allylic oxidation sites excluding steroid dienone is 3. The molecule has 0 atom stereocenters. The molecule has 0 unspecified atom stereocenters. The van der Waals surface area contributed by atoms with E-state index in [0.29, 0.717) is 58.7 Å². The first kappa shape index (κ1) is 22.9. The molecule has 8 heteroatoms. The van der Waals surface area contributed by atoms with Crippen molar-refractivity contribution in [2.24, 2.45) is 5.73 Å². The average Bonchev–Trinajstić information content (AvgIpc) is 2.76. The van der Waals surface area contributed by atoms with E-state index in [1.807, 2.05) is 27.1 Å². The number of hydrogen-bond acceptors (Lipinski definition) is 6. The fraction of sp³-hybridized carbons (Fsp3) is 0.348. The Morgan fingerprint density at radius 2 is 2.19 bits per heavy atom. The number of halogens is 2. The first-order chi connectivity index (χ1) is 14.9. The summed E-state index contributed by atoms with van der Waals surface area (Å²) < 4.78 is 26.2. The van der Waals surface area contributed by atoms with E-state index >= 15 is 0 Å². The molecule has 0 spiro atoms. The summed E-state index contributed by atoms with van der Waals surface area (Å²) >= 11 is 6.09. The maximum Gasteiger partial charge on any atom is 0.170 e. The van der Waals surface area contributed by atoms with Gasteiger partial charge in [-0.15, -0.1) is 0 Å². The first-order valence-electron chi connectivity index (χ1n) is 10.1. The Hall–Kier alpha value is -2.77. The van der Waals surface area contributed by atoms with Crippen LogP contribution in [-0.4, -0.2) is 50.3 Å². The predicted molar refractivity (Wildman–Crippen MR) is 124 cm³/mol. The number of rotatable bonds is 8. The molecule has 0 saturated heterocycles. The van der Waals surface area contributed by atoms with Gasteiger partial charge in [-0.3, -0.25) is 0 Å². The van der Waals surface area contributed by atoms with E-state index < -0.39 is 5.82 Å². The largest absolute Gasteiger partial charge is 0.498 e. The van der Waals surface area contributed by atoms with Gasteiger partial charge in [-0.1, -0.05) is 11.6 Å². The highest BCUT2D eigenvalue weighted by Crippen LogP contribution is 2.39. The molecule has 1 aliphatic heterocycles. The van der Waals surface area contributed by atoms with E-state index in [1.165, 1.54) is 18.3 Å². The predicted octanol–water partition coefficient (Wildman–Crippen LogP) is 4.52. The Balaban J connectivity index is 1.96. The third-order valence-electron chi connectivity index (χ3n) is 4.75. The maximum atomic E-state index is 14.5. The third-order valence-corrected chi connectivity index (χ3v) is 4.98. The highest BCUT2D eigenvalue weighted by atomic mass is 35.5. The summed E-state index contributed by atoms with van der Waals surface area (Å²) in [6, 6.07) is 6.15. The van der Waals surface area contributed by atoms with Crippen LogP contribution in [0.3, 0.4) is 0 Å². The molecule has 1 aliphatic rings. The van der Waals surface area contributed by atoms with Gasteiger partial charge in [0.1, 0.15) is 12.4 Å². The Morgan fingerprint density at radius 3 is 2.94 bits per heavy atom. The van der Waals surface area contributed by atoms with Gasteiger partial charge in [0, 0.05) is 34.5 Å². The van der Waals surface area contributed by atoms with Crippen LogP contribution in [0.2, 0.25) is 5.02 Å². The molecule has 0 radical (unpaired) electrons. The average molecular weight is 447 g/mol. The summed E-state index contributed by atoms with van der Waals surface area (Å²) in [6.07, 6.45) is 4.25. The summed E-state index contributed by atoms with van der Waals surface area (Å²) in [4.78, 5) is 6.67. The molecule has 2 heterocycles. The number of benzene rings is 1. The molecule has 0 aliphatic carbocycles. The molecule has 0 bridgehead atoms. The minimum Gasteiger partial charge on any atom is -0.498 e. The van der Waals surface area contributed by atoms with Crippen LogP contribution in [0, 0.1) is 5.82 Å². The van der Waals surface area contributed by atoms with Crippen molar-refractivity contribution in [3.8, 4) is 17.0 Å². The lowest BCUT2D eigenvalue weighted by Gasteiger charge is -2.23. The molecule has 2 aromatic rings. The zero-order chi connectivity index (χ0) is 22.4. The van der Waals surface area contributed by atoms with Crippen molar-refractivity contribution in [2.45, 2.75) is 13.3 Å². The van der Waals surface area contributed by atoms with Gasteiger partial charge in [0.25, 0.3) is 0 Å². The Labute approximate surface area is 187 Å². The molecule has 0 fully saturated rings. The van der Waals surface area contributed by atoms with Crippen molar-refractivity contribution in [1.82, 2.24) is 9.88 Å². The topological polar surface area (TPSA) is 72.6 Å². The number of nitrogens with one attached hydrogen (secondary N) is 1. The van der Waals surface area contributed by atoms with E-state index in [1.54, 1.807) is 12.1 Å². The third kappa shape index (κ3) is 5.89. The normalized spacial score (nSPS) is 14.1.